The van der Waals surface area contributed by atoms with Gasteiger partial charge in [-0.2, -0.15) is 5.10 Å². The zero-order valence-electron chi connectivity index (χ0n) is 9.24. The predicted octanol–water partition coefficient (Wildman–Crippen LogP) is 1.21. The first-order valence-electron chi connectivity index (χ1n) is 4.90. The van der Waals surface area contributed by atoms with Crippen LogP contribution >= 0.6 is 0 Å². The zero-order chi connectivity index (χ0) is 10.7. The number of hydrogen-bond donors (Lipinski definition) is 0. The predicted molar refractivity (Wildman–Crippen MR) is 55.2 cm³/mol. The van der Waals surface area contributed by atoms with Crippen molar-refractivity contribution in [2.45, 2.75) is 20.8 Å². The van der Waals surface area contributed by atoms with Crippen LogP contribution in [0.15, 0.2) is 6.07 Å². The highest BCUT2D eigenvalue weighted by atomic mass is 16.2. The van der Waals surface area contributed by atoms with Crippen LogP contribution < -0.4 is 0 Å². The minimum atomic E-state index is 0.0538. The Morgan fingerprint density at radius 2 is 2.07 bits per heavy atom. The van der Waals surface area contributed by atoms with Crippen LogP contribution in [0.25, 0.3) is 0 Å². The molecule has 0 aliphatic heterocycles. The van der Waals surface area contributed by atoms with Crippen LogP contribution in [0.2, 0.25) is 0 Å². The Morgan fingerprint density at radius 3 is 2.43 bits per heavy atom. The number of aromatic nitrogens is 2. The van der Waals surface area contributed by atoms with Gasteiger partial charge in [0.25, 0.3) is 5.91 Å². The smallest absolute Gasteiger partial charge is 0.272 e. The number of aryl methyl sites for hydroxylation is 2. The van der Waals surface area contributed by atoms with Gasteiger partial charge in [-0.15, -0.1) is 0 Å². The normalized spacial score (nSPS) is 10.3. The van der Waals surface area contributed by atoms with Crippen molar-refractivity contribution in [1.82, 2.24) is 14.7 Å². The van der Waals surface area contributed by atoms with Crippen molar-refractivity contribution < 1.29 is 4.79 Å². The molecule has 0 unspecified atom stereocenters. The Labute approximate surface area is 84.5 Å². The summed E-state index contributed by atoms with van der Waals surface area (Å²) in [4.78, 5) is 13.7. The van der Waals surface area contributed by atoms with Crippen LogP contribution in [-0.2, 0) is 7.05 Å². The maximum atomic E-state index is 11.9. The van der Waals surface area contributed by atoms with E-state index in [2.05, 4.69) is 5.10 Å². The lowest BCUT2D eigenvalue weighted by atomic mass is 10.3. The van der Waals surface area contributed by atoms with Crippen LogP contribution in [-0.4, -0.2) is 33.7 Å². The molecule has 1 amide bonds. The molecule has 0 radical (unpaired) electrons. The Morgan fingerprint density at radius 1 is 1.50 bits per heavy atom. The van der Waals surface area contributed by atoms with Crippen molar-refractivity contribution in [1.29, 1.82) is 0 Å². The fourth-order valence-corrected chi connectivity index (χ4v) is 1.48. The van der Waals surface area contributed by atoms with E-state index in [1.54, 1.807) is 16.6 Å². The molecule has 4 heteroatoms. The summed E-state index contributed by atoms with van der Waals surface area (Å²) in [5.74, 6) is 0.0538. The summed E-state index contributed by atoms with van der Waals surface area (Å²) in [5, 5.41) is 4.15. The van der Waals surface area contributed by atoms with Crippen LogP contribution in [0.1, 0.15) is 30.0 Å². The van der Waals surface area contributed by atoms with Crippen LogP contribution in [0.5, 0.6) is 0 Å². The molecule has 14 heavy (non-hydrogen) atoms. The second-order valence-corrected chi connectivity index (χ2v) is 3.27. The van der Waals surface area contributed by atoms with Crippen LogP contribution in [0.4, 0.5) is 0 Å². The summed E-state index contributed by atoms with van der Waals surface area (Å²) in [6.45, 7) is 7.31. The van der Waals surface area contributed by atoms with Gasteiger partial charge < -0.3 is 4.90 Å². The van der Waals surface area contributed by atoms with Gasteiger partial charge in [-0.3, -0.25) is 9.48 Å². The van der Waals surface area contributed by atoms with Gasteiger partial charge in [-0.1, -0.05) is 0 Å². The molecule has 4 nitrogen and oxygen atoms in total. The van der Waals surface area contributed by atoms with E-state index in [-0.39, 0.29) is 5.91 Å². The Balaban J connectivity index is 2.93. The molecule has 0 atom stereocenters. The highest BCUT2D eigenvalue weighted by Gasteiger charge is 2.16. The second kappa shape index (κ2) is 4.26. The SMILES string of the molecule is CCN(CC)C(=O)c1cc(C)nn1C. The van der Waals surface area contributed by atoms with Crippen molar-refractivity contribution in [3.05, 3.63) is 17.5 Å². The third-order valence-corrected chi connectivity index (χ3v) is 2.27. The summed E-state index contributed by atoms with van der Waals surface area (Å²) in [7, 11) is 1.80. The van der Waals surface area contributed by atoms with Gasteiger partial charge in [0.1, 0.15) is 5.69 Å². The maximum absolute atomic E-state index is 11.9. The lowest BCUT2D eigenvalue weighted by Gasteiger charge is -2.18. The minimum absolute atomic E-state index is 0.0538. The van der Waals surface area contributed by atoms with E-state index in [4.69, 9.17) is 0 Å². The molecular formula is C10H17N3O. The Hall–Kier alpha value is -1.32. The maximum Gasteiger partial charge on any atom is 0.272 e. The topological polar surface area (TPSA) is 38.1 Å². The van der Waals surface area contributed by atoms with Gasteiger partial charge >= 0.3 is 0 Å². The van der Waals surface area contributed by atoms with Crippen molar-refractivity contribution in [2.24, 2.45) is 7.05 Å². The second-order valence-electron chi connectivity index (χ2n) is 3.27. The number of rotatable bonds is 3. The molecule has 1 heterocycles. The van der Waals surface area contributed by atoms with Gasteiger partial charge in [0.05, 0.1) is 5.69 Å². The number of amides is 1. The molecule has 0 aliphatic rings. The minimum Gasteiger partial charge on any atom is -0.338 e. The molecule has 1 aromatic heterocycles. The molecular weight excluding hydrogens is 178 g/mol. The van der Waals surface area contributed by atoms with Crippen molar-refractivity contribution in [3.63, 3.8) is 0 Å². The highest BCUT2D eigenvalue weighted by molar-refractivity contribution is 5.92. The summed E-state index contributed by atoms with van der Waals surface area (Å²) in [6, 6.07) is 1.82. The van der Waals surface area contributed by atoms with Gasteiger partial charge in [0.15, 0.2) is 0 Å². The van der Waals surface area contributed by atoms with Gasteiger partial charge in [-0.05, 0) is 26.8 Å². The standard InChI is InChI=1S/C10H17N3O/c1-5-13(6-2)10(14)9-7-8(3)11-12(9)4/h7H,5-6H2,1-4H3. The third kappa shape index (κ3) is 1.95. The molecule has 78 valence electrons. The van der Waals surface area contributed by atoms with E-state index < -0.39 is 0 Å². The summed E-state index contributed by atoms with van der Waals surface area (Å²) >= 11 is 0. The molecule has 0 aromatic carbocycles. The van der Waals surface area contributed by atoms with E-state index in [0.717, 1.165) is 18.8 Å². The molecule has 0 spiro atoms. The number of carbonyl (C=O) groups is 1. The van der Waals surface area contributed by atoms with E-state index in [1.807, 2.05) is 26.8 Å². The van der Waals surface area contributed by atoms with Gasteiger partial charge in [0, 0.05) is 20.1 Å². The number of nitrogens with zero attached hydrogens (tertiary/aromatic N) is 3. The average molecular weight is 195 g/mol. The number of hydrogen-bond acceptors (Lipinski definition) is 2. The monoisotopic (exact) mass is 195 g/mol. The molecule has 0 fully saturated rings. The summed E-state index contributed by atoms with van der Waals surface area (Å²) < 4.78 is 1.63. The largest absolute Gasteiger partial charge is 0.338 e. The van der Waals surface area contributed by atoms with E-state index >= 15 is 0 Å². The van der Waals surface area contributed by atoms with Crippen LogP contribution in [0.3, 0.4) is 0 Å². The van der Waals surface area contributed by atoms with Crippen molar-refractivity contribution in [2.75, 3.05) is 13.1 Å². The molecule has 0 saturated carbocycles. The fraction of sp³-hybridized carbons (Fsp3) is 0.600. The molecule has 0 bridgehead atoms. The summed E-state index contributed by atoms with van der Waals surface area (Å²) in [5.41, 5.74) is 1.54. The third-order valence-electron chi connectivity index (χ3n) is 2.27. The summed E-state index contributed by atoms with van der Waals surface area (Å²) in [6.07, 6.45) is 0. The first kappa shape index (κ1) is 10.8. The van der Waals surface area contributed by atoms with Crippen molar-refractivity contribution in [3.8, 4) is 0 Å². The first-order chi connectivity index (χ1) is 6.60. The van der Waals surface area contributed by atoms with E-state index in [9.17, 15) is 4.79 Å². The lowest BCUT2D eigenvalue weighted by molar-refractivity contribution is 0.0762. The molecule has 1 rings (SSSR count). The first-order valence-corrected chi connectivity index (χ1v) is 4.90. The van der Waals surface area contributed by atoms with Crippen LogP contribution in [0, 0.1) is 6.92 Å². The fourth-order valence-electron chi connectivity index (χ4n) is 1.48. The van der Waals surface area contributed by atoms with Gasteiger partial charge in [0.2, 0.25) is 0 Å². The molecule has 0 aliphatic carbocycles. The van der Waals surface area contributed by atoms with E-state index in [1.165, 1.54) is 0 Å². The Kier molecular flexibility index (Phi) is 3.28. The quantitative estimate of drug-likeness (QED) is 0.727. The zero-order valence-corrected chi connectivity index (χ0v) is 9.24. The highest BCUT2D eigenvalue weighted by Crippen LogP contribution is 2.05. The Bertz CT molecular complexity index is 326. The molecule has 0 N–H and O–H groups in total. The van der Waals surface area contributed by atoms with Gasteiger partial charge in [-0.25, -0.2) is 0 Å². The lowest BCUT2D eigenvalue weighted by Crippen LogP contribution is -2.31. The van der Waals surface area contributed by atoms with E-state index in [0.29, 0.717) is 5.69 Å². The number of carbonyl (C=O) groups excluding carboxylic acids is 1. The van der Waals surface area contributed by atoms with Crippen molar-refractivity contribution >= 4 is 5.91 Å². The molecule has 1 aromatic rings. The average Bonchev–Trinajstić information content (AvgIpc) is 2.47. The molecule has 0 saturated heterocycles.